The summed E-state index contributed by atoms with van der Waals surface area (Å²) in [5.41, 5.74) is 3.75. The number of hydrogen-bond acceptors (Lipinski definition) is 2. The fourth-order valence-electron chi connectivity index (χ4n) is 4.13. The van der Waals surface area contributed by atoms with Crippen molar-refractivity contribution in [1.82, 2.24) is 9.47 Å². The van der Waals surface area contributed by atoms with E-state index >= 15 is 0 Å². The number of aromatic carboxylic acids is 1. The molecule has 1 fully saturated rings. The average molecular weight is 366 g/mol. The zero-order valence-corrected chi connectivity index (χ0v) is 15.4. The van der Waals surface area contributed by atoms with Crippen molar-refractivity contribution in [3.05, 3.63) is 71.2 Å². The van der Waals surface area contributed by atoms with Crippen molar-refractivity contribution in [2.75, 3.05) is 13.1 Å². The monoisotopic (exact) mass is 366 g/mol. The molecule has 3 aromatic rings. The predicted octanol–water partition coefficient (Wildman–Crippen LogP) is 4.40. The molecule has 0 aliphatic carbocycles. The Labute approximate surface area is 157 Å². The largest absolute Gasteiger partial charge is 0.478 e. The summed E-state index contributed by atoms with van der Waals surface area (Å²) in [6, 6.07) is 14.3. The summed E-state index contributed by atoms with van der Waals surface area (Å²) in [4.78, 5) is 13.5. The van der Waals surface area contributed by atoms with Gasteiger partial charge in [0.2, 0.25) is 0 Å². The summed E-state index contributed by atoms with van der Waals surface area (Å²) in [6.07, 6.45) is 2.23. The van der Waals surface area contributed by atoms with Crippen molar-refractivity contribution in [2.45, 2.75) is 25.3 Å². The van der Waals surface area contributed by atoms with Gasteiger partial charge in [0.1, 0.15) is 5.82 Å². The molecule has 0 spiro atoms. The van der Waals surface area contributed by atoms with E-state index in [1.54, 1.807) is 18.2 Å². The first-order valence-electron chi connectivity index (χ1n) is 9.31. The first kappa shape index (κ1) is 17.7. The van der Waals surface area contributed by atoms with E-state index < -0.39 is 5.97 Å². The van der Waals surface area contributed by atoms with Gasteiger partial charge in [0.25, 0.3) is 0 Å². The third kappa shape index (κ3) is 3.60. The number of likely N-dealkylation sites (tertiary alicyclic amines) is 1. The number of piperidine rings is 1. The van der Waals surface area contributed by atoms with Crippen molar-refractivity contribution < 1.29 is 14.3 Å². The van der Waals surface area contributed by atoms with Gasteiger partial charge < -0.3 is 9.67 Å². The second kappa shape index (κ2) is 7.16. The Balaban J connectivity index is 1.50. The number of fused-ring (bicyclic) bond motifs is 1. The number of nitrogens with zero attached hydrogens (tertiary/aromatic N) is 2. The Bertz CT molecular complexity index is 978. The van der Waals surface area contributed by atoms with Crippen LogP contribution in [-0.4, -0.2) is 33.6 Å². The van der Waals surface area contributed by atoms with E-state index in [9.17, 15) is 9.18 Å². The lowest BCUT2D eigenvalue weighted by molar-refractivity contribution is 0.0697. The highest BCUT2D eigenvalue weighted by Gasteiger charge is 2.22. The third-order valence-electron chi connectivity index (χ3n) is 5.62. The summed E-state index contributed by atoms with van der Waals surface area (Å²) in [5, 5.41) is 10.00. The zero-order chi connectivity index (χ0) is 19.0. The summed E-state index contributed by atoms with van der Waals surface area (Å²) < 4.78 is 15.6. The number of aryl methyl sites for hydroxylation is 1. The molecule has 0 bridgehead atoms. The summed E-state index contributed by atoms with van der Waals surface area (Å²) in [6.45, 7) is 2.82. The van der Waals surface area contributed by atoms with E-state index in [4.69, 9.17) is 5.11 Å². The number of carboxylic acid groups (broad SMARTS) is 1. The zero-order valence-electron chi connectivity index (χ0n) is 15.4. The third-order valence-corrected chi connectivity index (χ3v) is 5.62. The molecule has 1 N–H and O–H groups in total. The van der Waals surface area contributed by atoms with E-state index in [0.29, 0.717) is 11.5 Å². The Morgan fingerprint density at radius 3 is 2.70 bits per heavy atom. The fourth-order valence-corrected chi connectivity index (χ4v) is 4.13. The maximum atomic E-state index is 13.5. The first-order valence-corrected chi connectivity index (χ1v) is 9.31. The van der Waals surface area contributed by atoms with Crippen LogP contribution >= 0.6 is 0 Å². The second-order valence-electron chi connectivity index (χ2n) is 7.40. The van der Waals surface area contributed by atoms with E-state index in [-0.39, 0.29) is 5.82 Å². The maximum Gasteiger partial charge on any atom is 0.335 e. The van der Waals surface area contributed by atoms with Gasteiger partial charge in [-0.3, -0.25) is 4.90 Å². The lowest BCUT2D eigenvalue weighted by Crippen LogP contribution is -2.34. The highest BCUT2D eigenvalue weighted by molar-refractivity contribution is 5.87. The molecule has 27 heavy (non-hydrogen) atoms. The topological polar surface area (TPSA) is 45.5 Å². The Kier molecular flexibility index (Phi) is 4.70. The Morgan fingerprint density at radius 1 is 1.19 bits per heavy atom. The number of rotatable bonds is 4. The number of hydrogen-bond donors (Lipinski definition) is 1. The molecule has 4 rings (SSSR count). The van der Waals surface area contributed by atoms with Gasteiger partial charge in [-0.1, -0.05) is 12.1 Å². The Morgan fingerprint density at radius 2 is 1.96 bits per heavy atom. The van der Waals surface area contributed by atoms with Gasteiger partial charge in [-0.2, -0.15) is 0 Å². The molecule has 1 atom stereocenters. The number of aromatic nitrogens is 1. The van der Waals surface area contributed by atoms with Crippen LogP contribution in [0.4, 0.5) is 4.39 Å². The van der Waals surface area contributed by atoms with E-state index in [2.05, 4.69) is 15.5 Å². The molecular weight excluding hydrogens is 343 g/mol. The van der Waals surface area contributed by atoms with E-state index in [0.717, 1.165) is 43.4 Å². The van der Waals surface area contributed by atoms with Crippen LogP contribution in [0.3, 0.4) is 0 Å². The highest BCUT2D eigenvalue weighted by atomic mass is 19.1. The molecule has 0 radical (unpaired) electrons. The number of carbonyl (C=O) groups is 1. The van der Waals surface area contributed by atoms with Crippen molar-refractivity contribution in [2.24, 2.45) is 7.05 Å². The molecule has 1 aromatic heterocycles. The molecule has 1 saturated heterocycles. The lowest BCUT2D eigenvalue weighted by Gasteiger charge is -2.33. The predicted molar refractivity (Wildman–Crippen MR) is 104 cm³/mol. The van der Waals surface area contributed by atoms with Crippen LogP contribution in [0.5, 0.6) is 0 Å². The molecule has 1 aliphatic rings. The van der Waals surface area contributed by atoms with Crippen molar-refractivity contribution >= 4 is 16.9 Å². The van der Waals surface area contributed by atoms with E-state index in [1.165, 1.54) is 17.3 Å². The first-order chi connectivity index (χ1) is 13.0. The van der Waals surface area contributed by atoms with Crippen LogP contribution < -0.4 is 0 Å². The van der Waals surface area contributed by atoms with Crippen LogP contribution in [0.15, 0.2) is 48.5 Å². The van der Waals surface area contributed by atoms with Gasteiger partial charge in [-0.05, 0) is 67.3 Å². The van der Waals surface area contributed by atoms with Gasteiger partial charge in [-0.15, -0.1) is 0 Å². The standard InChI is InChI=1S/C22H23FN2O2/c1-24-20(12-18-11-19(23)8-9-21(18)24)14-25-10-2-3-17(13-25)15-4-6-16(7-5-15)22(26)27/h4-9,11-12,17H,2-3,10,13-14H2,1H3,(H,26,27). The molecule has 1 aliphatic heterocycles. The van der Waals surface area contributed by atoms with Crippen molar-refractivity contribution in [3.63, 3.8) is 0 Å². The Hall–Kier alpha value is -2.66. The van der Waals surface area contributed by atoms with Gasteiger partial charge >= 0.3 is 5.97 Å². The summed E-state index contributed by atoms with van der Waals surface area (Å²) in [5.74, 6) is -0.685. The molecular formula is C22H23FN2O2. The second-order valence-corrected chi connectivity index (χ2v) is 7.40. The van der Waals surface area contributed by atoms with Crippen LogP contribution in [-0.2, 0) is 13.6 Å². The molecule has 2 aromatic carbocycles. The van der Waals surface area contributed by atoms with E-state index in [1.807, 2.05) is 25.2 Å². The number of halogens is 1. The minimum atomic E-state index is -0.890. The molecule has 0 amide bonds. The molecule has 140 valence electrons. The SMILES string of the molecule is Cn1c(CN2CCCC(c3ccc(C(=O)O)cc3)C2)cc2cc(F)ccc21. The molecule has 5 heteroatoms. The van der Waals surface area contributed by atoms with Crippen molar-refractivity contribution in [1.29, 1.82) is 0 Å². The average Bonchev–Trinajstić information content (AvgIpc) is 2.97. The van der Waals surface area contributed by atoms with Crippen LogP contribution in [0.1, 0.15) is 40.4 Å². The lowest BCUT2D eigenvalue weighted by atomic mass is 9.90. The molecule has 2 heterocycles. The molecule has 1 unspecified atom stereocenters. The van der Waals surface area contributed by atoms with Crippen LogP contribution in [0, 0.1) is 5.82 Å². The summed E-state index contributed by atoms with van der Waals surface area (Å²) >= 11 is 0. The number of carboxylic acids is 1. The normalized spacial score (nSPS) is 18.1. The smallest absolute Gasteiger partial charge is 0.335 e. The fraction of sp³-hybridized carbons (Fsp3) is 0.318. The van der Waals surface area contributed by atoms with Gasteiger partial charge in [0.15, 0.2) is 0 Å². The van der Waals surface area contributed by atoms with Crippen molar-refractivity contribution in [3.8, 4) is 0 Å². The molecule has 0 saturated carbocycles. The van der Waals surface area contributed by atoms with Gasteiger partial charge in [0, 0.05) is 36.7 Å². The van der Waals surface area contributed by atoms with Gasteiger partial charge in [-0.25, -0.2) is 9.18 Å². The minimum Gasteiger partial charge on any atom is -0.478 e. The highest BCUT2D eigenvalue weighted by Crippen LogP contribution is 2.29. The number of benzene rings is 2. The van der Waals surface area contributed by atoms with Crippen LogP contribution in [0.2, 0.25) is 0 Å². The maximum absolute atomic E-state index is 13.5. The minimum absolute atomic E-state index is 0.206. The van der Waals surface area contributed by atoms with Crippen LogP contribution in [0.25, 0.3) is 10.9 Å². The summed E-state index contributed by atoms with van der Waals surface area (Å²) in [7, 11) is 2.03. The molecule has 4 nitrogen and oxygen atoms in total. The van der Waals surface area contributed by atoms with Gasteiger partial charge in [0.05, 0.1) is 5.56 Å². The quantitative estimate of drug-likeness (QED) is 0.745.